The molecule has 0 amide bonds. The molecule has 2 heterocycles. The van der Waals surface area contributed by atoms with Crippen molar-refractivity contribution in [3.63, 3.8) is 0 Å². The van der Waals surface area contributed by atoms with Gasteiger partial charge in [0.1, 0.15) is 30.0 Å². The highest BCUT2D eigenvalue weighted by Crippen LogP contribution is 2.32. The van der Waals surface area contributed by atoms with Gasteiger partial charge in [-0.3, -0.25) is 0 Å². The molecule has 0 bridgehead atoms. The van der Waals surface area contributed by atoms with Crippen molar-refractivity contribution in [2.24, 2.45) is 17.2 Å². The molecule has 12 nitrogen and oxygen atoms in total. The first-order valence-electron chi connectivity index (χ1n) is 11.9. The lowest BCUT2D eigenvalue weighted by Gasteiger charge is -2.49. The third kappa shape index (κ3) is 6.02. The Morgan fingerprint density at radius 1 is 1.06 bits per heavy atom. The molecule has 1 aliphatic carbocycles. The molecule has 0 aromatic carbocycles. The Morgan fingerprint density at radius 2 is 1.76 bits per heavy atom. The lowest BCUT2D eigenvalue weighted by Crippen LogP contribution is -2.69. The average Bonchev–Trinajstić information content (AvgIpc) is 2.76. The number of hydrogen-bond donors (Lipinski definition) is 8. The highest BCUT2D eigenvalue weighted by Gasteiger charge is 2.51. The summed E-state index contributed by atoms with van der Waals surface area (Å²) in [6.45, 7) is 4.47. The fraction of sp³-hybridized carbons (Fsp3) is 1.00. The van der Waals surface area contributed by atoms with Crippen molar-refractivity contribution < 1.29 is 34.3 Å². The van der Waals surface area contributed by atoms with Crippen molar-refractivity contribution in [3.8, 4) is 0 Å². The monoisotopic (exact) mass is 477 g/mol. The standard InChI is InChI=1S/C21H43N5O7/c1-4-26-13-7-12(24)16(32-19-11(23)6-5-10(8-22)31-19)14(27)17(13)33-20-15(28)18(25-3)21(2,29)9-30-20/h10-20,25-29H,4-9,22-24H2,1-3H3/t10-,11+,12-,13+,14-,15+,16+,17-,18+,19-,20+,21-/m0/s1. The Kier molecular flexibility index (Phi) is 9.45. The molecule has 3 aliphatic rings. The lowest BCUT2D eigenvalue weighted by atomic mass is 9.83. The molecular formula is C21H43N5O7. The molecule has 2 aliphatic heterocycles. The van der Waals surface area contributed by atoms with Gasteiger partial charge in [0.15, 0.2) is 12.6 Å². The topological polar surface area (TPSA) is 200 Å². The zero-order valence-corrected chi connectivity index (χ0v) is 19.8. The van der Waals surface area contributed by atoms with E-state index >= 15 is 0 Å². The fourth-order valence-electron chi connectivity index (χ4n) is 5.11. The number of aliphatic hydroxyl groups excluding tert-OH is 2. The van der Waals surface area contributed by atoms with E-state index < -0.39 is 54.7 Å². The fourth-order valence-corrected chi connectivity index (χ4v) is 5.11. The van der Waals surface area contributed by atoms with Gasteiger partial charge in [-0.15, -0.1) is 0 Å². The third-order valence-corrected chi connectivity index (χ3v) is 6.97. The van der Waals surface area contributed by atoms with E-state index in [1.165, 1.54) is 0 Å². The van der Waals surface area contributed by atoms with Crippen molar-refractivity contribution in [2.75, 3.05) is 26.7 Å². The highest BCUT2D eigenvalue weighted by atomic mass is 16.7. The summed E-state index contributed by atoms with van der Waals surface area (Å²) in [7, 11) is 1.65. The zero-order chi connectivity index (χ0) is 24.3. The van der Waals surface area contributed by atoms with Crippen LogP contribution in [-0.4, -0.2) is 115 Å². The van der Waals surface area contributed by atoms with E-state index in [4.69, 9.17) is 36.1 Å². The maximum absolute atomic E-state index is 11.3. The number of nitrogens with two attached hydrogens (primary N) is 3. The maximum atomic E-state index is 11.3. The maximum Gasteiger partial charge on any atom is 0.185 e. The molecule has 12 heteroatoms. The first kappa shape index (κ1) is 27.1. The molecular weight excluding hydrogens is 434 g/mol. The van der Waals surface area contributed by atoms with Crippen LogP contribution in [0.1, 0.15) is 33.1 Å². The molecule has 12 atom stereocenters. The minimum atomic E-state index is -1.28. The number of aliphatic hydroxyl groups is 3. The molecule has 3 rings (SSSR count). The predicted molar refractivity (Wildman–Crippen MR) is 120 cm³/mol. The second-order valence-electron chi connectivity index (χ2n) is 9.65. The summed E-state index contributed by atoms with van der Waals surface area (Å²) in [6, 6.07) is -1.84. The molecule has 194 valence electrons. The molecule has 33 heavy (non-hydrogen) atoms. The third-order valence-electron chi connectivity index (χ3n) is 6.97. The van der Waals surface area contributed by atoms with Crippen LogP contribution in [0, 0.1) is 0 Å². The summed E-state index contributed by atoms with van der Waals surface area (Å²) in [5.74, 6) is 0. The minimum absolute atomic E-state index is 0.0421. The Morgan fingerprint density at radius 3 is 2.39 bits per heavy atom. The summed E-state index contributed by atoms with van der Waals surface area (Å²) in [5.41, 5.74) is 17.1. The Labute approximate surface area is 195 Å². The van der Waals surface area contributed by atoms with Crippen LogP contribution >= 0.6 is 0 Å². The van der Waals surface area contributed by atoms with Gasteiger partial charge < -0.3 is 62.1 Å². The molecule has 0 aromatic heterocycles. The van der Waals surface area contributed by atoms with E-state index in [2.05, 4.69) is 10.6 Å². The van der Waals surface area contributed by atoms with Crippen molar-refractivity contribution in [2.45, 2.75) is 106 Å². The van der Waals surface area contributed by atoms with Gasteiger partial charge in [-0.1, -0.05) is 6.92 Å². The smallest absolute Gasteiger partial charge is 0.185 e. The Bertz CT molecular complexity index is 618. The molecule has 0 spiro atoms. The van der Waals surface area contributed by atoms with Crippen LogP contribution in [0.5, 0.6) is 0 Å². The molecule has 0 aromatic rings. The number of nitrogens with one attached hydrogen (secondary N) is 2. The van der Waals surface area contributed by atoms with Gasteiger partial charge in [-0.2, -0.15) is 0 Å². The Balaban J connectivity index is 1.74. The van der Waals surface area contributed by atoms with Crippen molar-refractivity contribution in [1.82, 2.24) is 10.6 Å². The lowest BCUT2D eigenvalue weighted by molar-refractivity contribution is -0.308. The number of ether oxygens (including phenoxy) is 4. The van der Waals surface area contributed by atoms with E-state index in [1.54, 1.807) is 14.0 Å². The SMILES string of the molecule is CCN[C@@H]1C[C@H](N)[C@@H](O[C@@H]2O[C@H](CN)CC[C@H]2N)[C@H](O)[C@H]1O[C@H]1OC[C@](C)(O)[C@H](NC)[C@H]1O. The highest BCUT2D eigenvalue weighted by molar-refractivity contribution is 5.02. The molecule has 0 radical (unpaired) electrons. The quantitative estimate of drug-likeness (QED) is 0.173. The van der Waals surface area contributed by atoms with Crippen molar-refractivity contribution in [1.29, 1.82) is 0 Å². The van der Waals surface area contributed by atoms with Crippen LogP contribution in [0.3, 0.4) is 0 Å². The first-order chi connectivity index (χ1) is 15.6. The molecule has 0 unspecified atom stereocenters. The van der Waals surface area contributed by atoms with Crippen LogP contribution in [-0.2, 0) is 18.9 Å². The van der Waals surface area contributed by atoms with Gasteiger partial charge in [0.2, 0.25) is 0 Å². The molecule has 11 N–H and O–H groups in total. The summed E-state index contributed by atoms with van der Waals surface area (Å²) < 4.78 is 23.7. The van der Waals surface area contributed by atoms with Crippen LogP contribution in [0.4, 0.5) is 0 Å². The second-order valence-corrected chi connectivity index (χ2v) is 9.65. The van der Waals surface area contributed by atoms with Crippen molar-refractivity contribution in [3.05, 3.63) is 0 Å². The first-order valence-corrected chi connectivity index (χ1v) is 11.9. The van der Waals surface area contributed by atoms with E-state index in [0.29, 0.717) is 25.9 Å². The van der Waals surface area contributed by atoms with Crippen LogP contribution < -0.4 is 27.8 Å². The summed E-state index contributed by atoms with van der Waals surface area (Å²) >= 11 is 0. The number of likely N-dealkylation sites (N-methyl/N-ethyl adjacent to an activating group) is 2. The minimum Gasteiger partial charge on any atom is -0.388 e. The van der Waals surface area contributed by atoms with Crippen LogP contribution in [0.25, 0.3) is 0 Å². The summed E-state index contributed by atoms with van der Waals surface area (Å²) in [5, 5.41) is 38.8. The molecule has 2 saturated heterocycles. The van der Waals surface area contributed by atoms with Gasteiger partial charge in [0.05, 0.1) is 24.8 Å². The summed E-state index contributed by atoms with van der Waals surface area (Å²) in [4.78, 5) is 0. The van der Waals surface area contributed by atoms with Crippen LogP contribution in [0.2, 0.25) is 0 Å². The van der Waals surface area contributed by atoms with E-state index in [-0.39, 0.29) is 24.8 Å². The predicted octanol–water partition coefficient (Wildman–Crippen LogP) is -3.33. The van der Waals surface area contributed by atoms with Crippen molar-refractivity contribution >= 4 is 0 Å². The Hall–Kier alpha value is -0.480. The van der Waals surface area contributed by atoms with Gasteiger partial charge >= 0.3 is 0 Å². The molecule has 1 saturated carbocycles. The van der Waals surface area contributed by atoms with Gasteiger partial charge in [0, 0.05) is 18.6 Å². The normalized spacial score (nSPS) is 49.2. The van der Waals surface area contributed by atoms with E-state index in [0.717, 1.165) is 6.42 Å². The second kappa shape index (κ2) is 11.5. The van der Waals surface area contributed by atoms with Gasteiger partial charge in [-0.05, 0) is 39.8 Å². The van der Waals surface area contributed by atoms with E-state index in [1.807, 2.05) is 6.92 Å². The van der Waals surface area contributed by atoms with Crippen LogP contribution in [0.15, 0.2) is 0 Å². The number of rotatable bonds is 8. The largest absolute Gasteiger partial charge is 0.388 e. The average molecular weight is 478 g/mol. The number of hydrogen-bond acceptors (Lipinski definition) is 12. The summed E-state index contributed by atoms with van der Waals surface area (Å²) in [6.07, 6.45) is -3.97. The zero-order valence-electron chi connectivity index (χ0n) is 19.8. The van der Waals surface area contributed by atoms with Gasteiger partial charge in [0.25, 0.3) is 0 Å². The van der Waals surface area contributed by atoms with E-state index in [9.17, 15) is 15.3 Å². The van der Waals surface area contributed by atoms with Gasteiger partial charge in [-0.25, -0.2) is 0 Å². The molecule has 3 fully saturated rings.